The van der Waals surface area contributed by atoms with E-state index < -0.39 is 17.0 Å². The molecule has 0 saturated carbocycles. The fourth-order valence-electron chi connectivity index (χ4n) is 1.19. The lowest BCUT2D eigenvalue weighted by atomic mass is 10.3. The van der Waals surface area contributed by atoms with Crippen LogP contribution in [0.5, 0.6) is 5.75 Å². The van der Waals surface area contributed by atoms with Gasteiger partial charge in [-0.2, -0.15) is 5.10 Å². The zero-order chi connectivity index (χ0) is 14.3. The van der Waals surface area contributed by atoms with E-state index in [0.29, 0.717) is 12.4 Å². The summed E-state index contributed by atoms with van der Waals surface area (Å²) in [5.74, 6) is -0.933. The van der Waals surface area contributed by atoms with Crippen molar-refractivity contribution in [1.29, 1.82) is 0 Å². The minimum atomic E-state index is -0.775. The second kappa shape index (κ2) is 7.58. The molecule has 0 amide bonds. The van der Waals surface area contributed by atoms with E-state index >= 15 is 0 Å². The molecule has 7 heteroatoms. The first kappa shape index (κ1) is 15.2. The summed E-state index contributed by atoms with van der Waals surface area (Å²) in [4.78, 5) is 11.1. The molecule has 0 atom stereocenters. The quantitative estimate of drug-likeness (QED) is 0.497. The fourth-order valence-corrected chi connectivity index (χ4v) is 1.29. The number of hydrazone groups is 1. The number of rotatable bonds is 6. The number of anilines is 1. The largest absolute Gasteiger partial charge is 0.494 e. The van der Waals surface area contributed by atoms with Gasteiger partial charge in [0, 0.05) is 6.07 Å². The van der Waals surface area contributed by atoms with Gasteiger partial charge in [0.1, 0.15) is 5.75 Å². The van der Waals surface area contributed by atoms with Gasteiger partial charge in [0.2, 0.25) is 5.17 Å². The van der Waals surface area contributed by atoms with Crippen LogP contribution >= 0.6 is 11.6 Å². The highest BCUT2D eigenvalue weighted by atomic mass is 35.5. The Kier molecular flexibility index (Phi) is 6.08. The molecule has 1 rings (SSSR count). The van der Waals surface area contributed by atoms with Gasteiger partial charge in [0.05, 0.1) is 18.9 Å². The Hall–Kier alpha value is -1.82. The summed E-state index contributed by atoms with van der Waals surface area (Å²) < 4.78 is 23.4. The minimum Gasteiger partial charge on any atom is -0.494 e. The first-order valence-corrected chi connectivity index (χ1v) is 6.05. The summed E-state index contributed by atoms with van der Waals surface area (Å²) in [5.41, 5.74) is 2.42. The van der Waals surface area contributed by atoms with Crippen LogP contribution in [0.3, 0.4) is 0 Å². The smallest absolute Gasteiger partial charge is 0.370 e. The van der Waals surface area contributed by atoms with E-state index in [1.54, 1.807) is 19.9 Å². The number of esters is 1. The zero-order valence-corrected chi connectivity index (χ0v) is 11.3. The van der Waals surface area contributed by atoms with Gasteiger partial charge in [-0.25, -0.2) is 9.18 Å². The number of benzene rings is 1. The molecule has 19 heavy (non-hydrogen) atoms. The van der Waals surface area contributed by atoms with Crippen molar-refractivity contribution < 1.29 is 18.7 Å². The number of nitrogens with one attached hydrogen (secondary N) is 1. The molecule has 0 spiro atoms. The van der Waals surface area contributed by atoms with E-state index in [1.807, 2.05) is 0 Å². The monoisotopic (exact) mass is 288 g/mol. The van der Waals surface area contributed by atoms with Crippen molar-refractivity contribution >= 4 is 28.4 Å². The van der Waals surface area contributed by atoms with Gasteiger partial charge in [-0.3, -0.25) is 5.43 Å². The van der Waals surface area contributed by atoms with Crippen LogP contribution in [-0.2, 0) is 9.53 Å². The summed E-state index contributed by atoms with van der Waals surface area (Å²) in [6.07, 6.45) is 0. The van der Waals surface area contributed by atoms with Crippen molar-refractivity contribution in [3.8, 4) is 5.75 Å². The van der Waals surface area contributed by atoms with Gasteiger partial charge in [-0.05, 0) is 26.0 Å². The molecule has 0 aliphatic carbocycles. The molecule has 0 unspecified atom stereocenters. The third-order valence-corrected chi connectivity index (χ3v) is 2.21. The van der Waals surface area contributed by atoms with Crippen molar-refractivity contribution in [2.75, 3.05) is 18.6 Å². The van der Waals surface area contributed by atoms with Gasteiger partial charge < -0.3 is 9.47 Å². The van der Waals surface area contributed by atoms with Crippen LogP contribution in [0, 0.1) is 5.82 Å². The summed E-state index contributed by atoms with van der Waals surface area (Å²) in [7, 11) is 0. The Balaban J connectivity index is 2.72. The second-order valence-electron chi connectivity index (χ2n) is 3.31. The lowest BCUT2D eigenvalue weighted by molar-refractivity contribution is -0.134. The standard InChI is InChI=1S/C12H14ClFN2O3/c1-3-18-8-5-6-10(9(14)7-8)15-16-11(13)12(17)19-4-2/h5-7,15H,3-4H2,1-2H3/b16-11-. The van der Waals surface area contributed by atoms with Crippen molar-refractivity contribution in [3.05, 3.63) is 24.0 Å². The molecule has 0 fully saturated rings. The molecule has 0 heterocycles. The van der Waals surface area contributed by atoms with Crippen LogP contribution in [0.2, 0.25) is 0 Å². The van der Waals surface area contributed by atoms with E-state index in [4.69, 9.17) is 16.3 Å². The third kappa shape index (κ3) is 4.75. The summed E-state index contributed by atoms with van der Waals surface area (Å²) >= 11 is 5.56. The average Bonchev–Trinajstić information content (AvgIpc) is 2.38. The predicted molar refractivity (Wildman–Crippen MR) is 71.1 cm³/mol. The van der Waals surface area contributed by atoms with Crippen molar-refractivity contribution in [1.82, 2.24) is 0 Å². The number of hydrogen-bond acceptors (Lipinski definition) is 5. The molecular weight excluding hydrogens is 275 g/mol. The summed E-state index contributed by atoms with van der Waals surface area (Å²) in [6.45, 7) is 4.07. The molecule has 0 aliphatic heterocycles. The maximum absolute atomic E-state index is 13.6. The number of hydrogen-bond donors (Lipinski definition) is 1. The van der Waals surface area contributed by atoms with Crippen LogP contribution < -0.4 is 10.2 Å². The first-order chi connectivity index (χ1) is 9.08. The van der Waals surface area contributed by atoms with Crippen molar-refractivity contribution in [2.24, 2.45) is 5.10 Å². The van der Waals surface area contributed by atoms with Gasteiger partial charge in [-0.15, -0.1) is 0 Å². The van der Waals surface area contributed by atoms with Crippen LogP contribution in [0.25, 0.3) is 0 Å². The van der Waals surface area contributed by atoms with E-state index in [2.05, 4.69) is 15.3 Å². The third-order valence-electron chi connectivity index (χ3n) is 1.97. The van der Waals surface area contributed by atoms with Gasteiger partial charge in [-0.1, -0.05) is 11.6 Å². The number of ether oxygens (including phenoxy) is 2. The molecule has 0 bridgehead atoms. The molecule has 0 aromatic heterocycles. The Bertz CT molecular complexity index is 480. The normalized spacial score (nSPS) is 11.1. The Morgan fingerprint density at radius 2 is 2.16 bits per heavy atom. The van der Waals surface area contributed by atoms with E-state index in [-0.39, 0.29) is 12.3 Å². The maximum Gasteiger partial charge on any atom is 0.370 e. The molecule has 1 N–H and O–H groups in total. The van der Waals surface area contributed by atoms with Crippen LogP contribution in [0.4, 0.5) is 10.1 Å². The van der Waals surface area contributed by atoms with E-state index in [0.717, 1.165) is 0 Å². The molecule has 5 nitrogen and oxygen atoms in total. The van der Waals surface area contributed by atoms with Crippen LogP contribution in [0.1, 0.15) is 13.8 Å². The fraction of sp³-hybridized carbons (Fsp3) is 0.333. The van der Waals surface area contributed by atoms with Crippen LogP contribution in [0.15, 0.2) is 23.3 Å². The van der Waals surface area contributed by atoms with Gasteiger partial charge in [0.25, 0.3) is 0 Å². The van der Waals surface area contributed by atoms with Gasteiger partial charge >= 0.3 is 5.97 Å². The maximum atomic E-state index is 13.6. The number of nitrogens with zero attached hydrogens (tertiary/aromatic N) is 1. The number of carbonyl (C=O) groups excluding carboxylic acids is 1. The molecular formula is C12H14ClFN2O3. The molecule has 1 aromatic rings. The Labute approximate surface area is 115 Å². The van der Waals surface area contributed by atoms with E-state index in [1.165, 1.54) is 12.1 Å². The highest BCUT2D eigenvalue weighted by molar-refractivity contribution is 6.82. The topological polar surface area (TPSA) is 59.9 Å². The summed E-state index contributed by atoms with van der Waals surface area (Å²) in [5, 5.41) is 3.12. The molecule has 0 saturated heterocycles. The SMILES string of the molecule is CCOC(=O)/C(Cl)=N/Nc1ccc(OCC)cc1F. The van der Waals surface area contributed by atoms with E-state index in [9.17, 15) is 9.18 Å². The Morgan fingerprint density at radius 1 is 1.42 bits per heavy atom. The van der Waals surface area contributed by atoms with Crippen molar-refractivity contribution in [3.63, 3.8) is 0 Å². The molecule has 0 aliphatic rings. The number of carbonyl (C=O) groups is 1. The highest BCUT2D eigenvalue weighted by Gasteiger charge is 2.10. The Morgan fingerprint density at radius 3 is 2.74 bits per heavy atom. The van der Waals surface area contributed by atoms with Crippen molar-refractivity contribution in [2.45, 2.75) is 13.8 Å². The highest BCUT2D eigenvalue weighted by Crippen LogP contribution is 2.20. The molecule has 0 radical (unpaired) electrons. The lowest BCUT2D eigenvalue weighted by Crippen LogP contribution is -2.13. The first-order valence-electron chi connectivity index (χ1n) is 5.67. The second-order valence-corrected chi connectivity index (χ2v) is 3.67. The molecule has 1 aromatic carbocycles. The summed E-state index contributed by atoms with van der Waals surface area (Å²) in [6, 6.07) is 4.21. The predicted octanol–water partition coefficient (Wildman–Crippen LogP) is 2.75. The number of halogens is 2. The lowest BCUT2D eigenvalue weighted by Gasteiger charge is -2.06. The minimum absolute atomic E-state index is 0.0749. The van der Waals surface area contributed by atoms with Crippen LogP contribution in [-0.4, -0.2) is 24.4 Å². The van der Waals surface area contributed by atoms with Gasteiger partial charge in [0.15, 0.2) is 5.82 Å². The zero-order valence-electron chi connectivity index (χ0n) is 10.6. The average molecular weight is 289 g/mol. The molecule has 104 valence electrons.